The molecule has 64 valence electrons. The van der Waals surface area contributed by atoms with E-state index in [9.17, 15) is 5.11 Å². The van der Waals surface area contributed by atoms with Crippen LogP contribution in [-0.4, -0.2) is 23.9 Å². The SMILES string of the molecule is CC1(C)[C@@H](O)[C@@H]2CCCO[C@@H]21. The standard InChI is InChI=1S/C9H16O2/c1-9(2)7(10)6-4-3-5-11-8(6)9/h6-8,10H,3-5H2,1-2H3/t6-,7-,8-/m0/s1. The van der Waals surface area contributed by atoms with Crippen molar-refractivity contribution in [2.24, 2.45) is 11.3 Å². The van der Waals surface area contributed by atoms with Gasteiger partial charge in [-0.3, -0.25) is 0 Å². The summed E-state index contributed by atoms with van der Waals surface area (Å²) < 4.78 is 5.60. The maximum atomic E-state index is 9.69. The van der Waals surface area contributed by atoms with Crippen LogP contribution >= 0.6 is 0 Å². The topological polar surface area (TPSA) is 29.5 Å². The highest BCUT2D eigenvalue weighted by molar-refractivity contribution is 5.06. The molecule has 1 heterocycles. The van der Waals surface area contributed by atoms with Crippen LogP contribution in [0.2, 0.25) is 0 Å². The molecule has 0 unspecified atom stereocenters. The summed E-state index contributed by atoms with van der Waals surface area (Å²) in [5, 5.41) is 9.69. The van der Waals surface area contributed by atoms with E-state index in [-0.39, 0.29) is 11.5 Å². The molecule has 1 aliphatic carbocycles. The largest absolute Gasteiger partial charge is 0.392 e. The Kier molecular flexibility index (Phi) is 1.52. The van der Waals surface area contributed by atoms with Gasteiger partial charge in [-0.15, -0.1) is 0 Å². The highest BCUT2D eigenvalue weighted by Gasteiger charge is 2.57. The number of hydrogen-bond acceptors (Lipinski definition) is 2. The Morgan fingerprint density at radius 2 is 2.18 bits per heavy atom. The number of aliphatic hydroxyl groups excluding tert-OH is 1. The van der Waals surface area contributed by atoms with Gasteiger partial charge in [-0.1, -0.05) is 13.8 Å². The molecule has 0 bridgehead atoms. The van der Waals surface area contributed by atoms with Crippen molar-refractivity contribution in [1.82, 2.24) is 0 Å². The minimum atomic E-state index is -0.132. The number of hydrogen-bond donors (Lipinski definition) is 1. The van der Waals surface area contributed by atoms with E-state index in [1.807, 2.05) is 0 Å². The van der Waals surface area contributed by atoms with Gasteiger partial charge in [-0.05, 0) is 12.8 Å². The number of fused-ring (bicyclic) bond motifs is 1. The zero-order valence-electron chi connectivity index (χ0n) is 7.21. The Morgan fingerprint density at radius 1 is 1.45 bits per heavy atom. The van der Waals surface area contributed by atoms with Gasteiger partial charge in [0, 0.05) is 17.9 Å². The predicted octanol–water partition coefficient (Wildman–Crippen LogP) is 1.18. The van der Waals surface area contributed by atoms with E-state index in [2.05, 4.69) is 13.8 Å². The van der Waals surface area contributed by atoms with Crippen molar-refractivity contribution in [1.29, 1.82) is 0 Å². The fourth-order valence-corrected chi connectivity index (χ4v) is 2.50. The summed E-state index contributed by atoms with van der Waals surface area (Å²) in [6.07, 6.45) is 2.46. The van der Waals surface area contributed by atoms with Crippen LogP contribution in [0.1, 0.15) is 26.7 Å². The highest BCUT2D eigenvalue weighted by Crippen LogP contribution is 2.50. The lowest BCUT2D eigenvalue weighted by molar-refractivity contribution is -0.244. The Balaban J connectivity index is 2.09. The van der Waals surface area contributed by atoms with Crippen LogP contribution in [0.3, 0.4) is 0 Å². The van der Waals surface area contributed by atoms with Crippen molar-refractivity contribution < 1.29 is 9.84 Å². The van der Waals surface area contributed by atoms with E-state index in [0.29, 0.717) is 12.0 Å². The van der Waals surface area contributed by atoms with Crippen LogP contribution < -0.4 is 0 Å². The van der Waals surface area contributed by atoms with E-state index in [0.717, 1.165) is 19.4 Å². The van der Waals surface area contributed by atoms with Crippen molar-refractivity contribution in [2.45, 2.75) is 38.9 Å². The molecule has 3 atom stereocenters. The lowest BCUT2D eigenvalue weighted by Gasteiger charge is -2.57. The Hall–Kier alpha value is -0.0800. The van der Waals surface area contributed by atoms with Gasteiger partial charge in [0.05, 0.1) is 12.2 Å². The van der Waals surface area contributed by atoms with E-state index < -0.39 is 0 Å². The van der Waals surface area contributed by atoms with E-state index in [4.69, 9.17) is 4.74 Å². The monoisotopic (exact) mass is 156 g/mol. The lowest BCUT2D eigenvalue weighted by Crippen LogP contribution is -2.64. The number of aliphatic hydroxyl groups is 1. The molecule has 1 saturated heterocycles. The molecular formula is C9H16O2. The normalized spacial score (nSPS) is 47.7. The van der Waals surface area contributed by atoms with Crippen molar-refractivity contribution in [3.8, 4) is 0 Å². The minimum Gasteiger partial charge on any atom is -0.392 e. The lowest BCUT2D eigenvalue weighted by atomic mass is 9.57. The summed E-state index contributed by atoms with van der Waals surface area (Å²) in [4.78, 5) is 0. The average molecular weight is 156 g/mol. The van der Waals surface area contributed by atoms with Crippen LogP contribution in [0, 0.1) is 11.3 Å². The summed E-state index contributed by atoms with van der Waals surface area (Å²) in [5.74, 6) is 0.429. The van der Waals surface area contributed by atoms with Crippen LogP contribution in [0.5, 0.6) is 0 Å². The first-order chi connectivity index (χ1) is 5.14. The first kappa shape index (κ1) is 7.56. The molecule has 0 aromatic carbocycles. The van der Waals surface area contributed by atoms with Crippen LogP contribution in [0.25, 0.3) is 0 Å². The molecule has 0 aromatic rings. The third-order valence-corrected chi connectivity index (χ3v) is 3.27. The van der Waals surface area contributed by atoms with Crippen LogP contribution in [0.15, 0.2) is 0 Å². The van der Waals surface area contributed by atoms with Crippen molar-refractivity contribution in [3.05, 3.63) is 0 Å². The molecule has 2 heteroatoms. The third kappa shape index (κ3) is 0.859. The smallest absolute Gasteiger partial charge is 0.0703 e. The second-order valence-electron chi connectivity index (χ2n) is 4.36. The van der Waals surface area contributed by atoms with Gasteiger partial charge in [0.25, 0.3) is 0 Å². The summed E-state index contributed by atoms with van der Waals surface area (Å²) in [6, 6.07) is 0. The van der Waals surface area contributed by atoms with Gasteiger partial charge in [0.2, 0.25) is 0 Å². The fourth-order valence-electron chi connectivity index (χ4n) is 2.50. The summed E-state index contributed by atoms with van der Waals surface area (Å²) in [6.45, 7) is 5.06. The molecule has 0 aromatic heterocycles. The van der Waals surface area contributed by atoms with Gasteiger partial charge in [-0.25, -0.2) is 0 Å². The average Bonchev–Trinajstić information content (AvgIpc) is 2.04. The molecule has 0 spiro atoms. The molecule has 2 nitrogen and oxygen atoms in total. The Bertz CT molecular complexity index is 165. The first-order valence-corrected chi connectivity index (χ1v) is 4.43. The Morgan fingerprint density at radius 3 is 2.82 bits per heavy atom. The summed E-state index contributed by atoms with van der Waals surface area (Å²) >= 11 is 0. The Labute approximate surface area is 67.6 Å². The molecule has 1 N–H and O–H groups in total. The van der Waals surface area contributed by atoms with Gasteiger partial charge < -0.3 is 9.84 Å². The van der Waals surface area contributed by atoms with Gasteiger partial charge in [0.1, 0.15) is 0 Å². The number of rotatable bonds is 0. The van der Waals surface area contributed by atoms with Crippen molar-refractivity contribution in [3.63, 3.8) is 0 Å². The molecule has 0 radical (unpaired) electrons. The zero-order valence-corrected chi connectivity index (χ0v) is 7.21. The predicted molar refractivity (Wildman–Crippen MR) is 42.3 cm³/mol. The third-order valence-electron chi connectivity index (χ3n) is 3.27. The maximum Gasteiger partial charge on any atom is 0.0703 e. The fraction of sp³-hybridized carbons (Fsp3) is 1.00. The maximum absolute atomic E-state index is 9.69. The molecule has 2 aliphatic rings. The molecular weight excluding hydrogens is 140 g/mol. The second-order valence-corrected chi connectivity index (χ2v) is 4.36. The first-order valence-electron chi connectivity index (χ1n) is 4.43. The summed E-state index contributed by atoms with van der Waals surface area (Å²) in [5.41, 5.74) is 0.00505. The van der Waals surface area contributed by atoms with E-state index in [1.165, 1.54) is 0 Å². The van der Waals surface area contributed by atoms with E-state index >= 15 is 0 Å². The quantitative estimate of drug-likeness (QED) is 0.570. The second kappa shape index (κ2) is 2.20. The van der Waals surface area contributed by atoms with Gasteiger partial charge >= 0.3 is 0 Å². The summed E-state index contributed by atoms with van der Waals surface area (Å²) in [7, 11) is 0. The molecule has 11 heavy (non-hydrogen) atoms. The number of ether oxygens (including phenoxy) is 1. The van der Waals surface area contributed by atoms with Crippen LogP contribution in [-0.2, 0) is 4.74 Å². The van der Waals surface area contributed by atoms with Crippen LogP contribution in [0.4, 0.5) is 0 Å². The molecule has 2 fully saturated rings. The highest BCUT2D eigenvalue weighted by atomic mass is 16.5. The van der Waals surface area contributed by atoms with Crippen molar-refractivity contribution in [2.75, 3.05) is 6.61 Å². The molecule has 2 rings (SSSR count). The minimum absolute atomic E-state index is 0.00505. The van der Waals surface area contributed by atoms with Gasteiger partial charge in [-0.2, -0.15) is 0 Å². The van der Waals surface area contributed by atoms with Gasteiger partial charge in [0.15, 0.2) is 0 Å². The zero-order chi connectivity index (χ0) is 8.06. The molecule has 1 saturated carbocycles. The van der Waals surface area contributed by atoms with E-state index in [1.54, 1.807) is 0 Å². The molecule has 0 amide bonds. The molecule has 1 aliphatic heterocycles. The van der Waals surface area contributed by atoms with Crippen molar-refractivity contribution >= 4 is 0 Å².